The van der Waals surface area contributed by atoms with E-state index in [1.807, 2.05) is 32.0 Å². The molecule has 7 heteroatoms. The van der Waals surface area contributed by atoms with Crippen molar-refractivity contribution in [3.63, 3.8) is 0 Å². The summed E-state index contributed by atoms with van der Waals surface area (Å²) in [5, 5.41) is 2.86. The maximum absolute atomic E-state index is 11.9. The van der Waals surface area contributed by atoms with Gasteiger partial charge in [-0.2, -0.15) is 0 Å². The van der Waals surface area contributed by atoms with Crippen LogP contribution in [0.25, 0.3) is 0 Å². The van der Waals surface area contributed by atoms with E-state index in [4.69, 9.17) is 9.47 Å². The highest BCUT2D eigenvalue weighted by Gasteiger charge is 2.22. The molecule has 0 unspecified atom stereocenters. The highest BCUT2D eigenvalue weighted by Crippen LogP contribution is 2.28. The molecule has 1 aliphatic rings. The highest BCUT2D eigenvalue weighted by atomic mass is 32.2. The van der Waals surface area contributed by atoms with Crippen LogP contribution in [0.1, 0.15) is 19.4 Å². The summed E-state index contributed by atoms with van der Waals surface area (Å²) in [6, 6.07) is 5.81. The van der Waals surface area contributed by atoms with Crippen LogP contribution >= 0.6 is 11.8 Å². The molecule has 1 aromatic rings. The van der Waals surface area contributed by atoms with E-state index in [-0.39, 0.29) is 18.4 Å². The minimum absolute atomic E-state index is 0.0306. The Hall–Kier alpha value is -1.89. The van der Waals surface area contributed by atoms with Crippen molar-refractivity contribution in [3.05, 3.63) is 23.8 Å². The second-order valence-electron chi connectivity index (χ2n) is 5.32. The first-order chi connectivity index (χ1) is 11.6. The molecule has 1 saturated heterocycles. The standard InChI is InChI=1S/C17H24N2O4S/c1-3-22-14-6-5-13(9-15(14)23-4-2)7-8-18-16(20)10-19-12-24-11-17(19)21/h5-6,9H,3-4,7-8,10-12H2,1-2H3,(H,18,20). The lowest BCUT2D eigenvalue weighted by atomic mass is 10.1. The zero-order valence-corrected chi connectivity index (χ0v) is 15.0. The molecule has 1 aliphatic heterocycles. The fourth-order valence-corrected chi connectivity index (χ4v) is 3.27. The zero-order valence-electron chi connectivity index (χ0n) is 14.2. The number of carbonyl (C=O) groups excluding carboxylic acids is 2. The number of nitrogens with one attached hydrogen (secondary N) is 1. The molecule has 1 heterocycles. The van der Waals surface area contributed by atoms with Gasteiger partial charge in [-0.25, -0.2) is 0 Å². The molecule has 1 aromatic carbocycles. The van der Waals surface area contributed by atoms with Crippen molar-refractivity contribution in [2.45, 2.75) is 20.3 Å². The van der Waals surface area contributed by atoms with Crippen LogP contribution in [0.2, 0.25) is 0 Å². The number of hydrogen-bond donors (Lipinski definition) is 1. The van der Waals surface area contributed by atoms with E-state index in [0.717, 1.165) is 17.1 Å². The fourth-order valence-electron chi connectivity index (χ4n) is 2.37. The topological polar surface area (TPSA) is 67.9 Å². The number of ether oxygens (including phenoxy) is 2. The highest BCUT2D eigenvalue weighted by molar-refractivity contribution is 8.00. The summed E-state index contributed by atoms with van der Waals surface area (Å²) < 4.78 is 11.1. The molecular formula is C17H24N2O4S. The van der Waals surface area contributed by atoms with Crippen LogP contribution in [0, 0.1) is 0 Å². The van der Waals surface area contributed by atoms with Gasteiger partial charge in [-0.05, 0) is 38.0 Å². The van der Waals surface area contributed by atoms with Gasteiger partial charge in [0, 0.05) is 6.54 Å². The number of nitrogens with zero attached hydrogens (tertiary/aromatic N) is 1. The Labute approximate surface area is 146 Å². The molecule has 1 fully saturated rings. The van der Waals surface area contributed by atoms with Gasteiger partial charge < -0.3 is 19.7 Å². The molecule has 0 aliphatic carbocycles. The largest absolute Gasteiger partial charge is 0.490 e. The molecule has 0 atom stereocenters. The molecule has 6 nitrogen and oxygen atoms in total. The Morgan fingerprint density at radius 2 is 2.00 bits per heavy atom. The zero-order chi connectivity index (χ0) is 17.4. The summed E-state index contributed by atoms with van der Waals surface area (Å²) in [4.78, 5) is 24.9. The summed E-state index contributed by atoms with van der Waals surface area (Å²) in [5.41, 5.74) is 1.06. The van der Waals surface area contributed by atoms with Gasteiger partial charge in [-0.1, -0.05) is 6.07 Å². The third-order valence-electron chi connectivity index (χ3n) is 3.50. The van der Waals surface area contributed by atoms with Crippen molar-refractivity contribution >= 4 is 23.6 Å². The van der Waals surface area contributed by atoms with Crippen molar-refractivity contribution in [1.82, 2.24) is 10.2 Å². The molecule has 0 spiro atoms. The molecule has 0 bridgehead atoms. The molecule has 132 valence electrons. The second kappa shape index (κ2) is 9.42. The van der Waals surface area contributed by atoms with Crippen LogP contribution in [-0.2, 0) is 16.0 Å². The van der Waals surface area contributed by atoms with Crippen LogP contribution in [0.3, 0.4) is 0 Å². The monoisotopic (exact) mass is 352 g/mol. The van der Waals surface area contributed by atoms with Gasteiger partial charge in [0.1, 0.15) is 6.54 Å². The number of hydrogen-bond acceptors (Lipinski definition) is 5. The molecule has 0 saturated carbocycles. The first-order valence-corrected chi connectivity index (χ1v) is 9.30. The predicted molar refractivity (Wildman–Crippen MR) is 94.5 cm³/mol. The van der Waals surface area contributed by atoms with Gasteiger partial charge in [-0.15, -0.1) is 11.8 Å². The van der Waals surface area contributed by atoms with Crippen LogP contribution in [-0.4, -0.2) is 54.6 Å². The lowest BCUT2D eigenvalue weighted by molar-refractivity contribution is -0.132. The Morgan fingerprint density at radius 3 is 2.67 bits per heavy atom. The van der Waals surface area contributed by atoms with Crippen LogP contribution < -0.4 is 14.8 Å². The second-order valence-corrected chi connectivity index (χ2v) is 6.27. The molecule has 0 aromatic heterocycles. The minimum Gasteiger partial charge on any atom is -0.490 e. The molecule has 0 radical (unpaired) electrons. The van der Waals surface area contributed by atoms with E-state index in [1.54, 1.807) is 4.90 Å². The fraction of sp³-hybridized carbons (Fsp3) is 0.529. The smallest absolute Gasteiger partial charge is 0.239 e. The van der Waals surface area contributed by atoms with E-state index < -0.39 is 0 Å². The SMILES string of the molecule is CCOc1ccc(CCNC(=O)CN2CSCC2=O)cc1OCC. The number of thioether (sulfide) groups is 1. The third-order valence-corrected chi connectivity index (χ3v) is 4.45. The average molecular weight is 352 g/mol. The minimum atomic E-state index is -0.123. The molecule has 1 N–H and O–H groups in total. The van der Waals surface area contributed by atoms with E-state index in [1.165, 1.54) is 11.8 Å². The first kappa shape index (κ1) is 18.4. The van der Waals surface area contributed by atoms with Gasteiger partial charge in [0.15, 0.2) is 11.5 Å². The lowest BCUT2D eigenvalue weighted by Gasteiger charge is -2.15. The predicted octanol–water partition coefficient (Wildman–Crippen LogP) is 1.68. The Morgan fingerprint density at radius 1 is 1.25 bits per heavy atom. The summed E-state index contributed by atoms with van der Waals surface area (Å²) in [5.74, 6) is 2.44. The number of carbonyl (C=O) groups is 2. The van der Waals surface area contributed by atoms with E-state index in [2.05, 4.69) is 5.32 Å². The third kappa shape index (κ3) is 5.33. The Balaban J connectivity index is 1.81. The molecule has 2 amide bonds. The number of amides is 2. The quantitative estimate of drug-likeness (QED) is 0.732. The van der Waals surface area contributed by atoms with Gasteiger partial charge in [0.05, 0.1) is 24.8 Å². The van der Waals surface area contributed by atoms with Crippen LogP contribution in [0.15, 0.2) is 18.2 Å². The first-order valence-electron chi connectivity index (χ1n) is 8.14. The number of rotatable bonds is 9. The Kier molecular flexibility index (Phi) is 7.24. The maximum Gasteiger partial charge on any atom is 0.239 e. The van der Waals surface area contributed by atoms with Crippen LogP contribution in [0.5, 0.6) is 11.5 Å². The van der Waals surface area contributed by atoms with Crippen molar-refractivity contribution < 1.29 is 19.1 Å². The van der Waals surface area contributed by atoms with E-state index >= 15 is 0 Å². The van der Waals surface area contributed by atoms with Gasteiger partial charge in [0.25, 0.3) is 0 Å². The van der Waals surface area contributed by atoms with Crippen molar-refractivity contribution in [2.75, 3.05) is 37.9 Å². The molecular weight excluding hydrogens is 328 g/mol. The summed E-state index contributed by atoms with van der Waals surface area (Å²) in [6.45, 7) is 5.68. The van der Waals surface area contributed by atoms with Gasteiger partial charge >= 0.3 is 0 Å². The molecule has 24 heavy (non-hydrogen) atoms. The molecule has 2 rings (SSSR count). The van der Waals surface area contributed by atoms with Crippen molar-refractivity contribution in [2.24, 2.45) is 0 Å². The Bertz CT molecular complexity index is 580. The van der Waals surface area contributed by atoms with Crippen molar-refractivity contribution in [1.29, 1.82) is 0 Å². The van der Waals surface area contributed by atoms with Crippen molar-refractivity contribution in [3.8, 4) is 11.5 Å². The maximum atomic E-state index is 11.9. The summed E-state index contributed by atoms with van der Waals surface area (Å²) >= 11 is 1.54. The van der Waals surface area contributed by atoms with E-state index in [0.29, 0.717) is 37.8 Å². The van der Waals surface area contributed by atoms with Crippen LogP contribution in [0.4, 0.5) is 0 Å². The number of benzene rings is 1. The lowest BCUT2D eigenvalue weighted by Crippen LogP contribution is -2.38. The van der Waals surface area contributed by atoms with Gasteiger partial charge in [-0.3, -0.25) is 9.59 Å². The average Bonchev–Trinajstić information content (AvgIpc) is 2.95. The summed E-state index contributed by atoms with van der Waals surface area (Å²) in [7, 11) is 0. The normalized spacial score (nSPS) is 13.9. The van der Waals surface area contributed by atoms with Gasteiger partial charge in [0.2, 0.25) is 11.8 Å². The van der Waals surface area contributed by atoms with E-state index in [9.17, 15) is 9.59 Å². The summed E-state index contributed by atoms with van der Waals surface area (Å²) in [6.07, 6.45) is 0.695.